The summed E-state index contributed by atoms with van der Waals surface area (Å²) in [5.74, 6) is 0. The van der Waals surface area contributed by atoms with Gasteiger partial charge in [0.2, 0.25) is 0 Å². The summed E-state index contributed by atoms with van der Waals surface area (Å²) in [7, 11) is 0. The van der Waals surface area contributed by atoms with Crippen molar-refractivity contribution in [2.45, 2.75) is 33.7 Å². The molecule has 0 amide bonds. The zero-order chi connectivity index (χ0) is 10.8. The SMILES string of the molecule is CC.CC(C)N1CC2(CN(C#N)C2)C1. The minimum Gasteiger partial charge on any atom is -0.309 e. The fraction of sp³-hybridized carbons (Fsp3) is 0.909. The molecule has 80 valence electrons. The lowest BCUT2D eigenvalue weighted by molar-refractivity contribution is -0.104. The lowest BCUT2D eigenvalue weighted by Crippen LogP contribution is -2.71. The van der Waals surface area contributed by atoms with Crippen LogP contribution in [0.4, 0.5) is 0 Å². The van der Waals surface area contributed by atoms with Crippen molar-refractivity contribution >= 4 is 0 Å². The van der Waals surface area contributed by atoms with Gasteiger partial charge in [-0.3, -0.25) is 4.90 Å². The summed E-state index contributed by atoms with van der Waals surface area (Å²) in [4.78, 5) is 4.31. The van der Waals surface area contributed by atoms with E-state index in [1.54, 1.807) is 0 Å². The van der Waals surface area contributed by atoms with Gasteiger partial charge in [-0.1, -0.05) is 13.8 Å². The van der Waals surface area contributed by atoms with E-state index in [-0.39, 0.29) is 0 Å². The van der Waals surface area contributed by atoms with Crippen LogP contribution in [0.3, 0.4) is 0 Å². The van der Waals surface area contributed by atoms with Crippen LogP contribution < -0.4 is 0 Å². The fourth-order valence-corrected chi connectivity index (χ4v) is 2.21. The van der Waals surface area contributed by atoms with Crippen LogP contribution in [0.5, 0.6) is 0 Å². The summed E-state index contributed by atoms with van der Waals surface area (Å²) in [6, 6.07) is 0.673. The first-order chi connectivity index (χ1) is 6.65. The first-order valence-electron chi connectivity index (χ1n) is 5.54. The van der Waals surface area contributed by atoms with E-state index in [1.807, 2.05) is 18.7 Å². The molecule has 0 unspecified atom stereocenters. The number of nitrogens with zero attached hydrogens (tertiary/aromatic N) is 3. The smallest absolute Gasteiger partial charge is 0.179 e. The number of hydrogen-bond donors (Lipinski definition) is 0. The summed E-state index contributed by atoms with van der Waals surface area (Å²) in [6.45, 7) is 12.8. The Kier molecular flexibility index (Phi) is 3.38. The first kappa shape index (κ1) is 11.3. The molecule has 2 saturated heterocycles. The molecule has 0 N–H and O–H groups in total. The Bertz CT molecular complexity index is 215. The van der Waals surface area contributed by atoms with E-state index in [2.05, 4.69) is 24.9 Å². The molecule has 0 aromatic heterocycles. The van der Waals surface area contributed by atoms with E-state index in [0.29, 0.717) is 11.5 Å². The lowest BCUT2D eigenvalue weighted by atomic mass is 9.72. The molecule has 0 aromatic rings. The monoisotopic (exact) mass is 195 g/mol. The van der Waals surface area contributed by atoms with Gasteiger partial charge in [-0.25, -0.2) is 0 Å². The predicted octanol–water partition coefficient (Wildman–Crippen LogP) is 1.52. The quantitative estimate of drug-likeness (QED) is 0.594. The fourth-order valence-electron chi connectivity index (χ4n) is 2.21. The molecule has 2 fully saturated rings. The van der Waals surface area contributed by atoms with Crippen LogP contribution in [0.25, 0.3) is 0 Å². The zero-order valence-corrected chi connectivity index (χ0v) is 9.75. The molecule has 14 heavy (non-hydrogen) atoms. The predicted molar refractivity (Wildman–Crippen MR) is 57.7 cm³/mol. The van der Waals surface area contributed by atoms with Crippen LogP contribution in [0.15, 0.2) is 0 Å². The Morgan fingerprint density at radius 1 is 1.14 bits per heavy atom. The molecule has 2 heterocycles. The number of likely N-dealkylation sites (tertiary alicyclic amines) is 2. The Morgan fingerprint density at radius 2 is 1.64 bits per heavy atom. The average Bonchev–Trinajstić information content (AvgIpc) is 2.03. The number of nitriles is 1. The second-order valence-corrected chi connectivity index (χ2v) is 4.45. The van der Waals surface area contributed by atoms with Crippen molar-refractivity contribution in [3.05, 3.63) is 0 Å². The third-order valence-electron chi connectivity index (χ3n) is 3.00. The largest absolute Gasteiger partial charge is 0.309 e. The number of hydrogen-bond acceptors (Lipinski definition) is 3. The summed E-state index contributed by atoms with van der Waals surface area (Å²) in [6.07, 6.45) is 2.18. The molecule has 0 bridgehead atoms. The summed E-state index contributed by atoms with van der Waals surface area (Å²) in [5.41, 5.74) is 0.500. The minimum absolute atomic E-state index is 0.500. The van der Waals surface area contributed by atoms with Crippen LogP contribution in [-0.4, -0.2) is 42.0 Å². The van der Waals surface area contributed by atoms with Crippen LogP contribution in [-0.2, 0) is 0 Å². The highest BCUT2D eigenvalue weighted by molar-refractivity contribution is 5.09. The molecule has 2 aliphatic heterocycles. The third-order valence-corrected chi connectivity index (χ3v) is 3.00. The Morgan fingerprint density at radius 3 is 2.00 bits per heavy atom. The molecule has 3 nitrogen and oxygen atoms in total. The van der Waals surface area contributed by atoms with Gasteiger partial charge in [0.15, 0.2) is 6.19 Å². The van der Waals surface area contributed by atoms with Gasteiger partial charge in [-0.2, -0.15) is 5.26 Å². The highest BCUT2D eigenvalue weighted by atomic mass is 15.3. The summed E-state index contributed by atoms with van der Waals surface area (Å²) >= 11 is 0. The van der Waals surface area contributed by atoms with Crippen LogP contribution >= 0.6 is 0 Å². The van der Waals surface area contributed by atoms with Crippen molar-refractivity contribution in [2.24, 2.45) is 5.41 Å². The summed E-state index contributed by atoms with van der Waals surface area (Å²) in [5, 5.41) is 8.58. The molecule has 3 heteroatoms. The van der Waals surface area contributed by atoms with Crippen LogP contribution in [0.2, 0.25) is 0 Å². The molecule has 0 aromatic carbocycles. The Labute approximate surface area is 87.3 Å². The first-order valence-corrected chi connectivity index (χ1v) is 5.54. The summed E-state index contributed by atoms with van der Waals surface area (Å²) < 4.78 is 0. The van der Waals surface area contributed by atoms with Crippen molar-refractivity contribution in [2.75, 3.05) is 26.2 Å². The topological polar surface area (TPSA) is 30.3 Å². The third kappa shape index (κ3) is 1.85. The minimum atomic E-state index is 0.500. The van der Waals surface area contributed by atoms with Gasteiger partial charge in [0.05, 0.1) is 0 Å². The van der Waals surface area contributed by atoms with Crippen LogP contribution in [0, 0.1) is 16.9 Å². The van der Waals surface area contributed by atoms with Gasteiger partial charge < -0.3 is 4.90 Å². The van der Waals surface area contributed by atoms with E-state index in [9.17, 15) is 0 Å². The van der Waals surface area contributed by atoms with Gasteiger partial charge in [0, 0.05) is 37.6 Å². The maximum Gasteiger partial charge on any atom is 0.179 e. The zero-order valence-electron chi connectivity index (χ0n) is 9.75. The van der Waals surface area contributed by atoms with Gasteiger partial charge in [0.25, 0.3) is 0 Å². The standard InChI is InChI=1S/C9H15N3.C2H6/c1-8(2)12-5-9(6-12)3-11(4-9)7-10;1-2/h8H,3-6H2,1-2H3;1-2H3. The Balaban J connectivity index is 0.000000461. The molecular formula is C11H21N3. The van der Waals surface area contributed by atoms with E-state index in [1.165, 1.54) is 13.1 Å². The highest BCUT2D eigenvalue weighted by Crippen LogP contribution is 2.39. The maximum absolute atomic E-state index is 8.58. The average molecular weight is 195 g/mol. The van der Waals surface area contributed by atoms with E-state index >= 15 is 0 Å². The number of rotatable bonds is 1. The molecule has 2 rings (SSSR count). The van der Waals surface area contributed by atoms with Crippen LogP contribution in [0.1, 0.15) is 27.7 Å². The molecule has 2 aliphatic rings. The van der Waals surface area contributed by atoms with Crippen molar-refractivity contribution in [3.63, 3.8) is 0 Å². The second kappa shape index (κ2) is 4.18. The molecule has 0 aliphatic carbocycles. The molecule has 0 saturated carbocycles. The van der Waals surface area contributed by atoms with Crippen molar-refractivity contribution < 1.29 is 0 Å². The second-order valence-electron chi connectivity index (χ2n) is 4.45. The Hall–Kier alpha value is -0.750. The van der Waals surface area contributed by atoms with Crippen molar-refractivity contribution in [3.8, 4) is 6.19 Å². The van der Waals surface area contributed by atoms with Gasteiger partial charge >= 0.3 is 0 Å². The highest BCUT2D eigenvalue weighted by Gasteiger charge is 2.51. The molecule has 1 spiro atoms. The normalized spacial score (nSPS) is 23.3. The van der Waals surface area contributed by atoms with E-state index in [0.717, 1.165) is 13.1 Å². The lowest BCUT2D eigenvalue weighted by Gasteiger charge is -2.60. The maximum atomic E-state index is 8.58. The van der Waals surface area contributed by atoms with Gasteiger partial charge in [-0.05, 0) is 13.8 Å². The van der Waals surface area contributed by atoms with E-state index < -0.39 is 0 Å². The molecular weight excluding hydrogens is 174 g/mol. The van der Waals surface area contributed by atoms with E-state index in [4.69, 9.17) is 5.26 Å². The molecule has 0 radical (unpaired) electrons. The van der Waals surface area contributed by atoms with Gasteiger partial charge in [0.1, 0.15) is 0 Å². The van der Waals surface area contributed by atoms with Gasteiger partial charge in [-0.15, -0.1) is 0 Å². The van der Waals surface area contributed by atoms with Crippen molar-refractivity contribution in [1.29, 1.82) is 5.26 Å². The molecule has 0 atom stereocenters. The van der Waals surface area contributed by atoms with Crippen molar-refractivity contribution in [1.82, 2.24) is 9.80 Å².